The van der Waals surface area contributed by atoms with Crippen molar-refractivity contribution in [2.75, 3.05) is 13.2 Å². The summed E-state index contributed by atoms with van der Waals surface area (Å²) in [5.74, 6) is -1.54. The lowest BCUT2D eigenvalue weighted by molar-refractivity contribution is -0.131. The number of aliphatic hydroxyl groups is 2. The number of hydrogen-bond acceptors (Lipinski definition) is 3. The summed E-state index contributed by atoms with van der Waals surface area (Å²) in [6.45, 7) is -0.472. The van der Waals surface area contributed by atoms with Crippen LogP contribution in [0.5, 0.6) is 0 Å². The Kier molecular flexibility index (Phi) is 4.53. The molecule has 0 aliphatic heterocycles. The van der Waals surface area contributed by atoms with Gasteiger partial charge in [-0.3, -0.25) is 0 Å². The van der Waals surface area contributed by atoms with Crippen LogP contribution in [0.4, 0.5) is 0 Å². The number of aliphatic hydroxyl groups excluding tert-OH is 2. The van der Waals surface area contributed by atoms with Crippen LogP contribution in [0.1, 0.15) is 0 Å². The van der Waals surface area contributed by atoms with Gasteiger partial charge in [0.2, 0.25) is 0 Å². The van der Waals surface area contributed by atoms with Crippen molar-refractivity contribution in [3.8, 4) is 0 Å². The molecule has 0 aliphatic carbocycles. The van der Waals surface area contributed by atoms with E-state index >= 15 is 0 Å². The van der Waals surface area contributed by atoms with Crippen LogP contribution in [0.25, 0.3) is 0 Å². The van der Waals surface area contributed by atoms with Gasteiger partial charge in [-0.2, -0.15) is 0 Å². The number of carboxylic acids is 1. The Labute approximate surface area is 58.4 Å². The zero-order valence-corrected chi connectivity index (χ0v) is 5.40. The van der Waals surface area contributed by atoms with Crippen LogP contribution in [-0.2, 0) is 4.79 Å². The molecule has 10 heavy (non-hydrogen) atoms. The van der Waals surface area contributed by atoms with Gasteiger partial charge >= 0.3 is 5.97 Å². The average molecular weight is 146 g/mol. The van der Waals surface area contributed by atoms with Crippen molar-refractivity contribution < 1.29 is 20.1 Å². The topological polar surface area (TPSA) is 77.8 Å². The van der Waals surface area contributed by atoms with Gasteiger partial charge < -0.3 is 15.3 Å². The van der Waals surface area contributed by atoms with Crippen LogP contribution >= 0.6 is 0 Å². The molecule has 0 atom stereocenters. The second kappa shape index (κ2) is 4.96. The van der Waals surface area contributed by atoms with Crippen LogP contribution < -0.4 is 0 Å². The normalized spacial score (nSPS) is 11.1. The number of carbonyl (C=O) groups is 1. The van der Waals surface area contributed by atoms with Gasteiger partial charge in [-0.1, -0.05) is 6.08 Å². The molecule has 0 unspecified atom stereocenters. The Balaban J connectivity index is 3.72. The Bertz CT molecular complexity index is 126. The molecule has 0 spiro atoms. The van der Waals surface area contributed by atoms with E-state index in [9.17, 15) is 4.79 Å². The highest BCUT2D eigenvalue weighted by Gasteiger charge is 1.99. The summed E-state index contributed by atoms with van der Waals surface area (Å²) >= 11 is 0. The summed E-state index contributed by atoms with van der Waals surface area (Å²) < 4.78 is 0. The molecule has 0 saturated carbocycles. The third-order valence-corrected chi connectivity index (χ3v) is 0.980. The number of aliphatic carboxylic acids is 1. The Morgan fingerprint density at radius 2 is 1.90 bits per heavy atom. The maximum Gasteiger partial charge on any atom is 0.327 e. The molecule has 0 aromatic heterocycles. The molecular formula is C6H10O4. The van der Waals surface area contributed by atoms with Gasteiger partial charge in [0.05, 0.1) is 13.2 Å². The van der Waals surface area contributed by atoms with Crippen molar-refractivity contribution in [1.29, 1.82) is 0 Å². The molecule has 4 nitrogen and oxygen atoms in total. The highest BCUT2D eigenvalue weighted by atomic mass is 16.4. The van der Waals surface area contributed by atoms with Crippen molar-refractivity contribution in [2.24, 2.45) is 5.92 Å². The first-order valence-electron chi connectivity index (χ1n) is 2.83. The molecule has 0 heterocycles. The first-order chi connectivity index (χ1) is 4.70. The van der Waals surface area contributed by atoms with Gasteiger partial charge in [-0.15, -0.1) is 0 Å². The smallest absolute Gasteiger partial charge is 0.327 e. The van der Waals surface area contributed by atoms with E-state index in [0.29, 0.717) is 0 Å². The molecule has 0 fully saturated rings. The highest BCUT2D eigenvalue weighted by Crippen LogP contribution is 1.94. The predicted molar refractivity (Wildman–Crippen MR) is 34.4 cm³/mol. The van der Waals surface area contributed by atoms with Crippen molar-refractivity contribution in [2.45, 2.75) is 0 Å². The van der Waals surface area contributed by atoms with Gasteiger partial charge in [0.25, 0.3) is 0 Å². The first-order valence-corrected chi connectivity index (χ1v) is 2.83. The van der Waals surface area contributed by atoms with Gasteiger partial charge in [0, 0.05) is 12.0 Å². The average Bonchev–Trinajstić information content (AvgIpc) is 1.90. The third kappa shape index (κ3) is 4.05. The van der Waals surface area contributed by atoms with E-state index in [1.54, 1.807) is 0 Å². The van der Waals surface area contributed by atoms with Crippen molar-refractivity contribution in [1.82, 2.24) is 0 Å². The molecular weight excluding hydrogens is 136 g/mol. The Morgan fingerprint density at radius 1 is 1.40 bits per heavy atom. The minimum atomic E-state index is -1.08. The minimum absolute atomic E-state index is 0.236. The summed E-state index contributed by atoms with van der Waals surface area (Å²) in [6.07, 6.45) is 2.15. The standard InChI is InChI=1S/C6H10O4/c7-3-5(4-8)1-2-6(9)10/h1-2,5,7-8H,3-4H2,(H,9,10)/b2-1+. The summed E-state index contributed by atoms with van der Waals surface area (Å²) in [4.78, 5) is 9.89. The number of hydrogen-bond donors (Lipinski definition) is 3. The van der Waals surface area contributed by atoms with E-state index in [1.807, 2.05) is 0 Å². The fourth-order valence-corrected chi connectivity index (χ4v) is 0.398. The first kappa shape index (κ1) is 9.13. The molecule has 3 N–H and O–H groups in total. The molecule has 58 valence electrons. The number of rotatable bonds is 4. The minimum Gasteiger partial charge on any atom is -0.478 e. The Morgan fingerprint density at radius 3 is 2.20 bits per heavy atom. The van der Waals surface area contributed by atoms with Gasteiger partial charge in [-0.05, 0) is 0 Å². The van der Waals surface area contributed by atoms with E-state index in [2.05, 4.69) is 0 Å². The van der Waals surface area contributed by atoms with E-state index < -0.39 is 11.9 Å². The van der Waals surface area contributed by atoms with Crippen LogP contribution in [0.2, 0.25) is 0 Å². The monoisotopic (exact) mass is 146 g/mol. The molecule has 0 saturated heterocycles. The lowest BCUT2D eigenvalue weighted by Crippen LogP contribution is -2.07. The fraction of sp³-hybridized carbons (Fsp3) is 0.500. The molecule has 4 heteroatoms. The van der Waals surface area contributed by atoms with Gasteiger partial charge in [0.15, 0.2) is 0 Å². The van der Waals surface area contributed by atoms with Gasteiger partial charge in [-0.25, -0.2) is 4.79 Å². The molecule has 0 radical (unpaired) electrons. The summed E-state index contributed by atoms with van der Waals surface area (Å²) in [6, 6.07) is 0. The van der Waals surface area contributed by atoms with E-state index in [0.717, 1.165) is 6.08 Å². The maximum absolute atomic E-state index is 9.89. The van der Waals surface area contributed by atoms with Crippen LogP contribution in [0.3, 0.4) is 0 Å². The predicted octanol–water partition coefficient (Wildman–Crippen LogP) is -0.772. The SMILES string of the molecule is O=C(O)/C=C/C(CO)CO. The van der Waals surface area contributed by atoms with E-state index in [-0.39, 0.29) is 13.2 Å². The second-order valence-electron chi connectivity index (χ2n) is 1.82. The summed E-state index contributed by atoms with van der Waals surface area (Å²) in [7, 11) is 0. The van der Waals surface area contributed by atoms with Crippen molar-refractivity contribution in [3.05, 3.63) is 12.2 Å². The third-order valence-electron chi connectivity index (χ3n) is 0.980. The highest BCUT2D eigenvalue weighted by molar-refractivity contribution is 5.79. The summed E-state index contributed by atoms with van der Waals surface area (Å²) in [5.41, 5.74) is 0. The molecule has 0 aliphatic rings. The van der Waals surface area contributed by atoms with E-state index in [4.69, 9.17) is 15.3 Å². The lowest BCUT2D eigenvalue weighted by atomic mass is 10.1. The van der Waals surface area contributed by atoms with E-state index in [1.165, 1.54) is 6.08 Å². The van der Waals surface area contributed by atoms with Crippen LogP contribution in [0, 0.1) is 5.92 Å². The fourth-order valence-electron chi connectivity index (χ4n) is 0.398. The quantitative estimate of drug-likeness (QED) is 0.455. The summed E-state index contributed by atoms with van der Waals surface area (Å²) in [5, 5.41) is 25.0. The zero-order chi connectivity index (χ0) is 7.98. The Hall–Kier alpha value is -0.870. The number of carboxylic acid groups (broad SMARTS) is 1. The molecule has 0 aromatic carbocycles. The second-order valence-corrected chi connectivity index (χ2v) is 1.82. The maximum atomic E-state index is 9.89. The van der Waals surface area contributed by atoms with Crippen LogP contribution in [0.15, 0.2) is 12.2 Å². The zero-order valence-electron chi connectivity index (χ0n) is 5.40. The van der Waals surface area contributed by atoms with Crippen molar-refractivity contribution in [3.63, 3.8) is 0 Å². The van der Waals surface area contributed by atoms with Crippen LogP contribution in [-0.4, -0.2) is 34.5 Å². The van der Waals surface area contributed by atoms with Gasteiger partial charge in [0.1, 0.15) is 0 Å². The molecule has 0 amide bonds. The molecule has 0 rings (SSSR count). The van der Waals surface area contributed by atoms with Crippen molar-refractivity contribution >= 4 is 5.97 Å². The molecule has 0 bridgehead atoms. The lowest BCUT2D eigenvalue weighted by Gasteiger charge is -2.01. The molecule has 0 aromatic rings. The largest absolute Gasteiger partial charge is 0.478 e.